The molecule has 9 N–H and O–H groups in total. The quantitative estimate of drug-likeness (QED) is 0.0467. The highest BCUT2D eigenvalue weighted by Gasteiger charge is 2.27. The summed E-state index contributed by atoms with van der Waals surface area (Å²) in [5.74, 6) is -5.24. The van der Waals surface area contributed by atoms with E-state index in [9.17, 15) is 47.9 Å². The Morgan fingerprint density at radius 3 is 1.49 bits per heavy atom. The van der Waals surface area contributed by atoms with Gasteiger partial charge in [0.05, 0.1) is 29.9 Å². The van der Waals surface area contributed by atoms with Gasteiger partial charge in [-0.3, -0.25) is 38.4 Å². The number of anilines is 6. The Labute approximate surface area is 473 Å². The molecule has 83 heavy (non-hydrogen) atoms. The van der Waals surface area contributed by atoms with Crippen LogP contribution in [0.1, 0.15) is 107 Å². The van der Waals surface area contributed by atoms with E-state index in [-0.39, 0.29) is 89.2 Å². The number of ether oxygens (including phenoxy) is 2. The molecule has 31 heteroatoms. The van der Waals surface area contributed by atoms with E-state index in [1.165, 1.54) is 96.8 Å². The summed E-state index contributed by atoms with van der Waals surface area (Å²) in [4.78, 5) is 143. The first-order chi connectivity index (χ1) is 39.2. The summed E-state index contributed by atoms with van der Waals surface area (Å²) in [6.45, 7) is 4.70. The lowest BCUT2D eigenvalue weighted by molar-refractivity contribution is -0.118. The highest BCUT2D eigenvalue weighted by molar-refractivity contribution is 6.08. The van der Waals surface area contributed by atoms with Crippen molar-refractivity contribution in [3.8, 4) is 0 Å². The molecule has 0 fully saturated rings. The van der Waals surface area contributed by atoms with E-state index >= 15 is 0 Å². The molecule has 0 aliphatic rings. The monoisotopic (exact) mass is 1150 g/mol. The molecule has 0 spiro atoms. The fourth-order valence-corrected chi connectivity index (χ4v) is 8.27. The Hall–Kier alpha value is -10.8. The van der Waals surface area contributed by atoms with Crippen molar-refractivity contribution in [2.75, 3.05) is 52.1 Å². The van der Waals surface area contributed by atoms with E-state index in [4.69, 9.17) is 9.47 Å². The molecule has 1 atom stereocenters. The highest BCUT2D eigenvalue weighted by atomic mass is 16.6. The van der Waals surface area contributed by atoms with Crippen LogP contribution in [0, 0.1) is 0 Å². The number of methoxy groups -OCH3 is 1. The SMILES string of the molecule is COC(=O)c1cc(NC(=O)c2cc(NC(=O)c3nc(NC(=O)c4cc(NC(=O)[C@H](CCNC(=O)c5nc(NC(=O)CCNC(=O)c6cc(NC(=O)c7nccn7C)cn6C)cn5C)NC(=O)OC(C)(C)C)cn4C)cn3C)cn2C)cn1C. The normalized spacial score (nSPS) is 11.5. The average molecular weight is 1150 g/mol. The maximum absolute atomic E-state index is 13.8. The maximum atomic E-state index is 13.8. The molecular weight excluding hydrogens is 1080 g/mol. The Morgan fingerprint density at radius 1 is 0.506 bits per heavy atom. The van der Waals surface area contributed by atoms with E-state index in [1.807, 2.05) is 0 Å². The largest absolute Gasteiger partial charge is 0.464 e. The van der Waals surface area contributed by atoms with Crippen molar-refractivity contribution in [2.45, 2.75) is 45.3 Å². The van der Waals surface area contributed by atoms with Crippen LogP contribution in [0.15, 0.2) is 73.8 Å². The second-order valence-corrected chi connectivity index (χ2v) is 20.0. The second kappa shape index (κ2) is 25.1. The number of hydrogen-bond donors (Lipinski definition) is 9. The Bertz CT molecular complexity index is 3670. The predicted molar refractivity (Wildman–Crippen MR) is 299 cm³/mol. The van der Waals surface area contributed by atoms with Crippen LogP contribution >= 0.6 is 0 Å². The van der Waals surface area contributed by atoms with Gasteiger partial charge in [-0.05, 0) is 51.5 Å². The minimum Gasteiger partial charge on any atom is -0.464 e. The third-order valence-corrected chi connectivity index (χ3v) is 12.2. The molecule has 7 heterocycles. The van der Waals surface area contributed by atoms with Crippen LogP contribution in [0.2, 0.25) is 0 Å². The fraction of sp³-hybridized carbons (Fsp3) is 0.327. The molecular formula is C52H63N19O12. The molecule has 7 aromatic rings. The number of esters is 1. The van der Waals surface area contributed by atoms with Gasteiger partial charge in [-0.1, -0.05) is 0 Å². The molecule has 438 valence electrons. The van der Waals surface area contributed by atoms with E-state index in [2.05, 4.69) is 62.8 Å². The molecule has 31 nitrogen and oxygen atoms in total. The summed E-state index contributed by atoms with van der Waals surface area (Å²) in [7, 11) is 12.4. The number of alkyl carbamates (subject to hydrolysis) is 1. The summed E-state index contributed by atoms with van der Waals surface area (Å²) in [5, 5.41) is 23.9. The Balaban J connectivity index is 0.898. The zero-order valence-corrected chi connectivity index (χ0v) is 47.2. The maximum Gasteiger partial charge on any atom is 0.408 e. The lowest BCUT2D eigenvalue weighted by Gasteiger charge is -2.23. The van der Waals surface area contributed by atoms with Crippen molar-refractivity contribution >= 4 is 93.7 Å². The smallest absolute Gasteiger partial charge is 0.408 e. The van der Waals surface area contributed by atoms with Crippen molar-refractivity contribution < 1.29 is 57.4 Å². The van der Waals surface area contributed by atoms with Crippen LogP contribution in [0.3, 0.4) is 0 Å². The molecule has 0 aliphatic heterocycles. The Kier molecular flexibility index (Phi) is 18.1. The third-order valence-electron chi connectivity index (χ3n) is 12.2. The number of nitrogens with zero attached hydrogens (tertiary/aromatic N) is 10. The first-order valence-electron chi connectivity index (χ1n) is 25.4. The third kappa shape index (κ3) is 15.1. The highest BCUT2D eigenvalue weighted by Crippen LogP contribution is 2.21. The van der Waals surface area contributed by atoms with Gasteiger partial charge >= 0.3 is 12.1 Å². The van der Waals surface area contributed by atoms with Crippen molar-refractivity contribution in [2.24, 2.45) is 49.3 Å². The van der Waals surface area contributed by atoms with Gasteiger partial charge in [0.2, 0.25) is 23.5 Å². The first kappa shape index (κ1) is 59.9. The number of carbonyl (C=O) groups excluding carboxylic acids is 10. The van der Waals surface area contributed by atoms with Gasteiger partial charge in [-0.15, -0.1) is 0 Å². The van der Waals surface area contributed by atoms with Crippen LogP contribution in [-0.2, 0) is 68.4 Å². The standard InChI is InChI=1S/C52H63N19O12/c1-52(2,3)83-51(81)60-32(12-14-55-47(77)41-62-37(26-70(41)9)61-39(72)13-15-54-44(74)33-18-29(23-66(33)5)58-48(78)40-53-16-17-65(40)4)43(73)56-28-19-35(68(7)22-28)46(76)64-38-27-71(10)42(63-38)49(79)59-30-20-34(67(6)24-30)45(75)57-31-21-36(50(80)82-11)69(8)25-31/h16-27,32H,12-15H2,1-11H3,(H,54,74)(H,55,77)(H,56,73)(H,57,75)(H,58,78)(H,59,79)(H,60,81)(H,61,72)(H,64,76)/t32-/m0/s1. The zero-order chi connectivity index (χ0) is 60.6. The summed E-state index contributed by atoms with van der Waals surface area (Å²) < 4.78 is 20.4. The van der Waals surface area contributed by atoms with E-state index in [1.54, 1.807) is 86.2 Å². The number of carbonyl (C=O) groups is 10. The van der Waals surface area contributed by atoms with Gasteiger partial charge < -0.3 is 89.3 Å². The van der Waals surface area contributed by atoms with E-state index in [0.717, 1.165) is 0 Å². The number of amides is 9. The van der Waals surface area contributed by atoms with Gasteiger partial charge in [0.1, 0.15) is 34.4 Å². The molecule has 7 rings (SSSR count). The minimum absolute atomic E-state index is 0.0110. The lowest BCUT2D eigenvalue weighted by Crippen LogP contribution is -2.47. The molecule has 0 aromatic carbocycles. The lowest BCUT2D eigenvalue weighted by atomic mass is 10.2. The van der Waals surface area contributed by atoms with Gasteiger partial charge in [0, 0.05) is 118 Å². The average Bonchev–Trinajstić information content (AvgIpc) is 4.52. The molecule has 9 amide bonds. The van der Waals surface area contributed by atoms with Gasteiger partial charge in [0.15, 0.2) is 17.5 Å². The molecule has 7 aromatic heterocycles. The summed E-state index contributed by atoms with van der Waals surface area (Å²) in [6, 6.07) is 4.49. The molecule has 0 saturated carbocycles. The topological polar surface area (TPSA) is 371 Å². The first-order valence-corrected chi connectivity index (χ1v) is 25.4. The number of rotatable bonds is 21. The number of aromatic nitrogens is 10. The number of nitrogens with one attached hydrogen (secondary N) is 9. The van der Waals surface area contributed by atoms with Crippen molar-refractivity contribution in [1.82, 2.24) is 62.9 Å². The van der Waals surface area contributed by atoms with Gasteiger partial charge in [0.25, 0.3) is 35.4 Å². The predicted octanol–water partition coefficient (Wildman–Crippen LogP) is 2.45. The summed E-state index contributed by atoms with van der Waals surface area (Å²) in [5.41, 5.74) is 0.915. The zero-order valence-electron chi connectivity index (χ0n) is 47.2. The second-order valence-electron chi connectivity index (χ2n) is 20.0. The number of imidazole rings is 3. The number of hydrogen-bond acceptors (Lipinski definition) is 15. The molecule has 0 bridgehead atoms. The summed E-state index contributed by atoms with van der Waals surface area (Å²) in [6.07, 6.45) is 10.8. The van der Waals surface area contributed by atoms with Gasteiger partial charge in [-0.2, -0.15) is 0 Å². The molecule has 0 radical (unpaired) electrons. The Morgan fingerprint density at radius 2 is 0.964 bits per heavy atom. The molecule has 0 aliphatic carbocycles. The minimum atomic E-state index is -1.28. The van der Waals surface area contributed by atoms with Crippen molar-refractivity contribution in [1.29, 1.82) is 0 Å². The van der Waals surface area contributed by atoms with E-state index in [0.29, 0.717) is 11.4 Å². The fourth-order valence-electron chi connectivity index (χ4n) is 8.27. The van der Waals surface area contributed by atoms with E-state index < -0.39 is 71.0 Å². The number of aryl methyl sites for hydroxylation is 7. The molecule has 0 unspecified atom stereocenters. The van der Waals surface area contributed by atoms with Crippen LogP contribution in [0.5, 0.6) is 0 Å². The summed E-state index contributed by atoms with van der Waals surface area (Å²) >= 11 is 0. The molecule has 0 saturated heterocycles. The van der Waals surface area contributed by atoms with Crippen LogP contribution in [-0.4, -0.2) is 138 Å². The van der Waals surface area contributed by atoms with Crippen molar-refractivity contribution in [3.63, 3.8) is 0 Å². The van der Waals surface area contributed by atoms with Crippen LogP contribution in [0.25, 0.3) is 0 Å². The van der Waals surface area contributed by atoms with Crippen molar-refractivity contribution in [3.05, 3.63) is 114 Å². The van der Waals surface area contributed by atoms with Crippen LogP contribution in [0.4, 0.5) is 39.2 Å². The van der Waals surface area contributed by atoms with Gasteiger partial charge in [-0.25, -0.2) is 24.5 Å². The van der Waals surface area contributed by atoms with Crippen LogP contribution < -0.4 is 47.9 Å².